The summed E-state index contributed by atoms with van der Waals surface area (Å²) in [7, 11) is 1.72. The maximum Gasteiger partial charge on any atom is 0.188 e. The third-order valence-corrected chi connectivity index (χ3v) is 4.60. The molecule has 0 saturated heterocycles. The van der Waals surface area contributed by atoms with E-state index in [4.69, 9.17) is 5.73 Å². The first-order chi connectivity index (χ1) is 9.57. The number of hydrogen-bond acceptors (Lipinski definition) is 1. The molecule has 1 aromatic rings. The highest BCUT2D eigenvalue weighted by Gasteiger charge is 2.35. The predicted octanol–water partition coefficient (Wildman–Crippen LogP) is 3.16. The molecule has 1 fully saturated rings. The van der Waals surface area contributed by atoms with Crippen LogP contribution in [-0.2, 0) is 5.41 Å². The van der Waals surface area contributed by atoms with Gasteiger partial charge in [0.1, 0.15) is 0 Å². The SMILES string of the molecule is CN=C(N)NCC1(c2ccc(C(C)C)cc2)CCCC1. The van der Waals surface area contributed by atoms with E-state index in [9.17, 15) is 0 Å². The van der Waals surface area contributed by atoms with Gasteiger partial charge >= 0.3 is 0 Å². The highest BCUT2D eigenvalue weighted by atomic mass is 15.1. The summed E-state index contributed by atoms with van der Waals surface area (Å²) < 4.78 is 0. The van der Waals surface area contributed by atoms with Gasteiger partial charge in [0.15, 0.2) is 5.96 Å². The molecule has 0 aromatic heterocycles. The van der Waals surface area contributed by atoms with Crippen LogP contribution < -0.4 is 11.1 Å². The van der Waals surface area contributed by atoms with Gasteiger partial charge in [-0.3, -0.25) is 4.99 Å². The third-order valence-electron chi connectivity index (χ3n) is 4.60. The third kappa shape index (κ3) is 3.14. The number of rotatable bonds is 4. The molecule has 1 saturated carbocycles. The average molecular weight is 273 g/mol. The lowest BCUT2D eigenvalue weighted by Crippen LogP contribution is -2.42. The Labute approximate surface area is 122 Å². The molecule has 0 unspecified atom stereocenters. The van der Waals surface area contributed by atoms with Crippen molar-refractivity contribution in [1.82, 2.24) is 5.32 Å². The summed E-state index contributed by atoms with van der Waals surface area (Å²) in [6, 6.07) is 9.16. The first-order valence-corrected chi connectivity index (χ1v) is 7.64. The fourth-order valence-electron chi connectivity index (χ4n) is 3.18. The lowest BCUT2D eigenvalue weighted by atomic mass is 9.78. The van der Waals surface area contributed by atoms with Gasteiger partial charge in [0.05, 0.1) is 0 Å². The molecular formula is C17H27N3. The summed E-state index contributed by atoms with van der Waals surface area (Å²) in [5, 5.41) is 3.28. The number of benzene rings is 1. The summed E-state index contributed by atoms with van der Waals surface area (Å²) in [6.07, 6.45) is 5.07. The molecule has 0 bridgehead atoms. The van der Waals surface area contributed by atoms with E-state index in [1.165, 1.54) is 36.8 Å². The minimum atomic E-state index is 0.227. The van der Waals surface area contributed by atoms with Crippen LogP contribution in [0.2, 0.25) is 0 Å². The minimum absolute atomic E-state index is 0.227. The first kappa shape index (κ1) is 14.9. The van der Waals surface area contributed by atoms with Crippen molar-refractivity contribution in [3.8, 4) is 0 Å². The Balaban J connectivity index is 2.19. The number of hydrogen-bond donors (Lipinski definition) is 2. The molecule has 0 aliphatic heterocycles. The number of nitrogens with zero attached hydrogens (tertiary/aromatic N) is 1. The van der Waals surface area contributed by atoms with Crippen molar-refractivity contribution in [3.05, 3.63) is 35.4 Å². The Kier molecular flexibility index (Phi) is 4.69. The number of guanidine groups is 1. The second-order valence-electron chi connectivity index (χ2n) is 6.23. The second kappa shape index (κ2) is 6.29. The van der Waals surface area contributed by atoms with Crippen molar-refractivity contribution in [1.29, 1.82) is 0 Å². The number of nitrogens with two attached hydrogens (primary N) is 1. The van der Waals surface area contributed by atoms with Crippen molar-refractivity contribution in [2.75, 3.05) is 13.6 Å². The van der Waals surface area contributed by atoms with E-state index < -0.39 is 0 Å². The molecule has 110 valence electrons. The smallest absolute Gasteiger partial charge is 0.188 e. The van der Waals surface area contributed by atoms with Crippen LogP contribution >= 0.6 is 0 Å². The lowest BCUT2D eigenvalue weighted by molar-refractivity contribution is 0.433. The van der Waals surface area contributed by atoms with Crippen LogP contribution in [0.15, 0.2) is 29.3 Å². The molecule has 3 N–H and O–H groups in total. The number of aliphatic imine (C=N–C) groups is 1. The molecule has 2 rings (SSSR count). The second-order valence-corrected chi connectivity index (χ2v) is 6.23. The molecule has 1 aliphatic carbocycles. The molecule has 20 heavy (non-hydrogen) atoms. The zero-order valence-electron chi connectivity index (χ0n) is 12.9. The molecule has 1 aliphatic rings. The van der Waals surface area contributed by atoms with E-state index in [0.717, 1.165) is 6.54 Å². The van der Waals surface area contributed by atoms with Gasteiger partial charge in [0, 0.05) is 19.0 Å². The van der Waals surface area contributed by atoms with Crippen LogP contribution in [0.25, 0.3) is 0 Å². The van der Waals surface area contributed by atoms with Crippen LogP contribution in [0.3, 0.4) is 0 Å². The molecule has 0 atom stereocenters. The van der Waals surface area contributed by atoms with Crippen molar-refractivity contribution in [2.45, 2.75) is 50.9 Å². The average Bonchev–Trinajstić information content (AvgIpc) is 2.95. The maximum absolute atomic E-state index is 5.79. The van der Waals surface area contributed by atoms with Gasteiger partial charge in [-0.2, -0.15) is 0 Å². The van der Waals surface area contributed by atoms with Gasteiger partial charge in [-0.25, -0.2) is 0 Å². The van der Waals surface area contributed by atoms with Gasteiger partial charge in [0.2, 0.25) is 0 Å². The summed E-state index contributed by atoms with van der Waals surface area (Å²) in [5.41, 5.74) is 8.87. The van der Waals surface area contributed by atoms with Gasteiger partial charge in [-0.05, 0) is 29.9 Å². The van der Waals surface area contributed by atoms with Crippen molar-refractivity contribution < 1.29 is 0 Å². The monoisotopic (exact) mass is 273 g/mol. The molecule has 0 heterocycles. The fraction of sp³-hybridized carbons (Fsp3) is 0.588. The molecular weight excluding hydrogens is 246 g/mol. The van der Waals surface area contributed by atoms with Gasteiger partial charge in [-0.1, -0.05) is 51.0 Å². The van der Waals surface area contributed by atoms with Crippen molar-refractivity contribution in [2.24, 2.45) is 10.7 Å². The summed E-state index contributed by atoms with van der Waals surface area (Å²) in [5.74, 6) is 1.12. The Morgan fingerprint density at radius 1 is 1.25 bits per heavy atom. The Bertz CT molecular complexity index is 454. The standard InChI is InChI=1S/C17H27N3/c1-13(2)14-6-8-15(9-7-14)17(10-4-5-11-17)12-20-16(18)19-3/h6-9,13H,4-5,10-12H2,1-3H3,(H3,18,19,20). The molecule has 3 nitrogen and oxygen atoms in total. The summed E-state index contributed by atoms with van der Waals surface area (Å²) >= 11 is 0. The van der Waals surface area contributed by atoms with E-state index in [0.29, 0.717) is 11.9 Å². The Morgan fingerprint density at radius 3 is 2.35 bits per heavy atom. The fourth-order valence-corrected chi connectivity index (χ4v) is 3.18. The predicted molar refractivity (Wildman–Crippen MR) is 86.2 cm³/mol. The zero-order chi connectivity index (χ0) is 14.6. The molecule has 0 spiro atoms. The van der Waals surface area contributed by atoms with Crippen molar-refractivity contribution in [3.63, 3.8) is 0 Å². The maximum atomic E-state index is 5.79. The molecule has 0 radical (unpaired) electrons. The number of nitrogens with one attached hydrogen (secondary N) is 1. The normalized spacial score (nSPS) is 18.5. The quantitative estimate of drug-likeness (QED) is 0.654. The topological polar surface area (TPSA) is 50.4 Å². The van der Waals surface area contributed by atoms with Crippen LogP contribution in [0, 0.1) is 0 Å². The van der Waals surface area contributed by atoms with E-state index in [2.05, 4.69) is 48.4 Å². The summed E-state index contributed by atoms with van der Waals surface area (Å²) in [6.45, 7) is 5.36. The van der Waals surface area contributed by atoms with E-state index >= 15 is 0 Å². The first-order valence-electron chi connectivity index (χ1n) is 7.64. The van der Waals surface area contributed by atoms with Gasteiger partial charge in [0.25, 0.3) is 0 Å². The molecule has 3 heteroatoms. The molecule has 0 amide bonds. The highest BCUT2D eigenvalue weighted by molar-refractivity contribution is 5.77. The van der Waals surface area contributed by atoms with E-state index in [-0.39, 0.29) is 5.41 Å². The lowest BCUT2D eigenvalue weighted by Gasteiger charge is -2.30. The van der Waals surface area contributed by atoms with Gasteiger partial charge in [-0.15, -0.1) is 0 Å². The van der Waals surface area contributed by atoms with Crippen LogP contribution in [0.1, 0.15) is 56.6 Å². The Hall–Kier alpha value is -1.51. The Morgan fingerprint density at radius 2 is 1.85 bits per heavy atom. The summed E-state index contributed by atoms with van der Waals surface area (Å²) in [4.78, 5) is 3.99. The highest BCUT2D eigenvalue weighted by Crippen LogP contribution is 2.40. The van der Waals surface area contributed by atoms with E-state index in [1.54, 1.807) is 7.05 Å². The van der Waals surface area contributed by atoms with E-state index in [1.807, 2.05) is 0 Å². The zero-order valence-corrected chi connectivity index (χ0v) is 12.9. The van der Waals surface area contributed by atoms with Crippen LogP contribution in [-0.4, -0.2) is 19.6 Å². The van der Waals surface area contributed by atoms with Crippen LogP contribution in [0.5, 0.6) is 0 Å². The molecule has 1 aromatic carbocycles. The van der Waals surface area contributed by atoms with Gasteiger partial charge < -0.3 is 11.1 Å². The van der Waals surface area contributed by atoms with Crippen molar-refractivity contribution >= 4 is 5.96 Å². The minimum Gasteiger partial charge on any atom is -0.370 e. The van der Waals surface area contributed by atoms with Crippen LogP contribution in [0.4, 0.5) is 0 Å². The largest absolute Gasteiger partial charge is 0.370 e.